The van der Waals surface area contributed by atoms with E-state index in [4.69, 9.17) is 5.73 Å². The largest absolute Gasteiger partial charge is 0.416 e. The van der Waals surface area contributed by atoms with Gasteiger partial charge in [0, 0.05) is 11.3 Å². The Morgan fingerprint density at radius 1 is 0.800 bits per heavy atom. The fourth-order valence-electron chi connectivity index (χ4n) is 4.31. The smallest absolute Gasteiger partial charge is 0.397 e. The predicted molar refractivity (Wildman–Crippen MR) is 117 cm³/mol. The molecule has 156 valence electrons. The molecule has 2 nitrogen and oxygen atoms in total. The third-order valence-corrected chi connectivity index (χ3v) is 5.88. The Hall–Kier alpha value is -2.95. The van der Waals surface area contributed by atoms with Crippen molar-refractivity contribution < 1.29 is 13.2 Å². The van der Waals surface area contributed by atoms with Crippen LogP contribution in [0.3, 0.4) is 0 Å². The van der Waals surface area contributed by atoms with E-state index in [1.54, 1.807) is 12.1 Å². The zero-order valence-corrected chi connectivity index (χ0v) is 16.7. The third kappa shape index (κ3) is 4.30. The van der Waals surface area contributed by atoms with Crippen LogP contribution >= 0.6 is 0 Å². The molecule has 0 spiro atoms. The molecular formula is C25H25F3N2. The predicted octanol–water partition coefficient (Wildman–Crippen LogP) is 7.75. The Morgan fingerprint density at radius 2 is 1.50 bits per heavy atom. The summed E-state index contributed by atoms with van der Waals surface area (Å²) < 4.78 is 39.4. The molecule has 3 aromatic carbocycles. The van der Waals surface area contributed by atoms with Crippen molar-refractivity contribution in [2.75, 3.05) is 11.1 Å². The molecule has 0 unspecified atom stereocenters. The van der Waals surface area contributed by atoms with Gasteiger partial charge in [-0.15, -0.1) is 0 Å². The number of halogens is 3. The van der Waals surface area contributed by atoms with Gasteiger partial charge in [0.15, 0.2) is 0 Å². The van der Waals surface area contributed by atoms with Gasteiger partial charge in [0.25, 0.3) is 0 Å². The minimum Gasteiger partial charge on any atom is -0.397 e. The maximum absolute atomic E-state index is 13.1. The molecular weight excluding hydrogens is 385 g/mol. The Morgan fingerprint density at radius 3 is 2.27 bits per heavy atom. The highest BCUT2D eigenvalue weighted by atomic mass is 19.4. The molecule has 0 bridgehead atoms. The number of hydrogen-bond acceptors (Lipinski definition) is 2. The zero-order chi connectivity index (χ0) is 21.1. The van der Waals surface area contributed by atoms with Crippen molar-refractivity contribution in [3.8, 4) is 11.1 Å². The minimum absolute atomic E-state index is 0.440. The SMILES string of the molecule is Nc1c(Nc2ccccc2C2CCCCC2)cccc1-c1cccc(C(F)(F)F)c1. The summed E-state index contributed by atoms with van der Waals surface area (Å²) in [6, 6.07) is 19.0. The monoisotopic (exact) mass is 410 g/mol. The molecule has 1 fully saturated rings. The topological polar surface area (TPSA) is 38.0 Å². The fraction of sp³-hybridized carbons (Fsp3) is 0.280. The van der Waals surface area contributed by atoms with Crippen molar-refractivity contribution in [2.24, 2.45) is 0 Å². The number of anilines is 3. The lowest BCUT2D eigenvalue weighted by Gasteiger charge is -2.25. The van der Waals surface area contributed by atoms with Crippen LogP contribution in [-0.2, 0) is 6.18 Å². The van der Waals surface area contributed by atoms with E-state index in [0.29, 0.717) is 28.4 Å². The van der Waals surface area contributed by atoms with E-state index < -0.39 is 11.7 Å². The second-order valence-electron chi connectivity index (χ2n) is 7.89. The van der Waals surface area contributed by atoms with Crippen LogP contribution in [0.25, 0.3) is 11.1 Å². The highest BCUT2D eigenvalue weighted by molar-refractivity contribution is 5.87. The molecule has 0 amide bonds. The number of benzene rings is 3. The summed E-state index contributed by atoms with van der Waals surface area (Å²) in [5.74, 6) is 0.523. The molecule has 0 radical (unpaired) electrons. The van der Waals surface area contributed by atoms with Gasteiger partial charge in [-0.1, -0.05) is 61.7 Å². The van der Waals surface area contributed by atoms with Crippen molar-refractivity contribution in [1.29, 1.82) is 0 Å². The molecule has 1 aliphatic rings. The van der Waals surface area contributed by atoms with Gasteiger partial charge in [-0.3, -0.25) is 0 Å². The first-order valence-corrected chi connectivity index (χ1v) is 10.4. The standard InChI is InChI=1S/C25H25F3N2/c26-25(27,28)19-11-6-10-18(16-19)21-13-7-15-23(24(21)29)30-22-14-5-4-12-20(22)17-8-2-1-3-9-17/h4-7,10-17,30H,1-3,8-9,29H2. The van der Waals surface area contributed by atoms with Gasteiger partial charge in [-0.2, -0.15) is 13.2 Å². The van der Waals surface area contributed by atoms with E-state index in [2.05, 4.69) is 17.4 Å². The van der Waals surface area contributed by atoms with E-state index in [9.17, 15) is 13.2 Å². The Kier molecular flexibility index (Phi) is 5.71. The number of alkyl halides is 3. The maximum atomic E-state index is 13.1. The molecule has 0 aromatic heterocycles. The summed E-state index contributed by atoms with van der Waals surface area (Å²) >= 11 is 0. The summed E-state index contributed by atoms with van der Waals surface area (Å²) in [7, 11) is 0. The molecule has 1 saturated carbocycles. The normalized spacial score (nSPS) is 15.2. The lowest BCUT2D eigenvalue weighted by molar-refractivity contribution is -0.137. The van der Waals surface area contributed by atoms with Crippen LogP contribution in [0, 0.1) is 0 Å². The van der Waals surface area contributed by atoms with E-state index in [1.165, 1.54) is 43.7 Å². The number of para-hydroxylation sites is 2. The summed E-state index contributed by atoms with van der Waals surface area (Å²) in [6.07, 6.45) is 1.74. The molecule has 3 N–H and O–H groups in total. The number of rotatable bonds is 4. The van der Waals surface area contributed by atoms with Crippen LogP contribution in [0.5, 0.6) is 0 Å². The molecule has 4 rings (SSSR count). The molecule has 0 atom stereocenters. The van der Waals surface area contributed by atoms with Gasteiger partial charge < -0.3 is 11.1 Å². The zero-order valence-electron chi connectivity index (χ0n) is 16.7. The summed E-state index contributed by atoms with van der Waals surface area (Å²) in [4.78, 5) is 0. The molecule has 0 aliphatic heterocycles. The quantitative estimate of drug-likeness (QED) is 0.432. The van der Waals surface area contributed by atoms with Crippen LogP contribution in [0.1, 0.15) is 49.1 Å². The van der Waals surface area contributed by atoms with Crippen molar-refractivity contribution in [1.82, 2.24) is 0 Å². The van der Waals surface area contributed by atoms with Gasteiger partial charge in [0.1, 0.15) is 0 Å². The molecule has 3 aromatic rings. The van der Waals surface area contributed by atoms with E-state index in [1.807, 2.05) is 24.3 Å². The van der Waals surface area contributed by atoms with Crippen molar-refractivity contribution >= 4 is 17.1 Å². The van der Waals surface area contributed by atoms with Crippen LogP contribution in [0.15, 0.2) is 66.7 Å². The van der Waals surface area contributed by atoms with Crippen molar-refractivity contribution in [3.05, 3.63) is 77.9 Å². The van der Waals surface area contributed by atoms with E-state index >= 15 is 0 Å². The molecule has 0 heterocycles. The summed E-state index contributed by atoms with van der Waals surface area (Å²) in [5.41, 5.74) is 10.2. The third-order valence-electron chi connectivity index (χ3n) is 5.88. The average molecular weight is 410 g/mol. The van der Waals surface area contributed by atoms with Crippen LogP contribution in [0.4, 0.5) is 30.2 Å². The number of nitrogen functional groups attached to an aromatic ring is 1. The Labute approximate surface area is 174 Å². The van der Waals surface area contributed by atoms with Gasteiger partial charge in [-0.05, 0) is 54.2 Å². The molecule has 5 heteroatoms. The number of nitrogens with one attached hydrogen (secondary N) is 1. The highest BCUT2D eigenvalue weighted by Gasteiger charge is 2.30. The van der Waals surface area contributed by atoms with Crippen LogP contribution < -0.4 is 11.1 Å². The van der Waals surface area contributed by atoms with Gasteiger partial charge >= 0.3 is 6.18 Å². The van der Waals surface area contributed by atoms with E-state index in [-0.39, 0.29) is 0 Å². The van der Waals surface area contributed by atoms with Crippen LogP contribution in [0.2, 0.25) is 0 Å². The number of hydrogen-bond donors (Lipinski definition) is 2. The van der Waals surface area contributed by atoms with Gasteiger partial charge in [-0.25, -0.2) is 0 Å². The van der Waals surface area contributed by atoms with Gasteiger partial charge in [0.2, 0.25) is 0 Å². The van der Waals surface area contributed by atoms with Gasteiger partial charge in [0.05, 0.1) is 16.9 Å². The first kappa shape index (κ1) is 20.3. The second-order valence-corrected chi connectivity index (χ2v) is 7.89. The lowest BCUT2D eigenvalue weighted by Crippen LogP contribution is -2.08. The second kappa shape index (κ2) is 8.42. The fourth-order valence-corrected chi connectivity index (χ4v) is 4.31. The molecule has 0 saturated heterocycles. The first-order chi connectivity index (χ1) is 14.4. The van der Waals surface area contributed by atoms with Crippen molar-refractivity contribution in [3.63, 3.8) is 0 Å². The minimum atomic E-state index is -4.39. The number of nitrogens with two attached hydrogens (primary N) is 1. The van der Waals surface area contributed by atoms with E-state index in [0.717, 1.165) is 17.8 Å². The summed E-state index contributed by atoms with van der Waals surface area (Å²) in [5, 5.41) is 3.45. The lowest BCUT2D eigenvalue weighted by atomic mass is 9.83. The van der Waals surface area contributed by atoms with Crippen LogP contribution in [-0.4, -0.2) is 0 Å². The molecule has 1 aliphatic carbocycles. The maximum Gasteiger partial charge on any atom is 0.416 e. The Balaban J connectivity index is 1.67. The first-order valence-electron chi connectivity index (χ1n) is 10.4. The average Bonchev–Trinajstić information content (AvgIpc) is 2.76. The Bertz CT molecular complexity index is 1020. The van der Waals surface area contributed by atoms with Crippen molar-refractivity contribution in [2.45, 2.75) is 44.2 Å². The highest BCUT2D eigenvalue weighted by Crippen LogP contribution is 2.40. The summed E-state index contributed by atoms with van der Waals surface area (Å²) in [6.45, 7) is 0. The molecule has 30 heavy (non-hydrogen) atoms.